The number of hydrogen-bond acceptors (Lipinski definition) is 3. The molecule has 0 radical (unpaired) electrons. The number of nitrogens with zero attached hydrogens (tertiary/aromatic N) is 1. The molecule has 0 bridgehead atoms. The van der Waals surface area contributed by atoms with Crippen LogP contribution in [0, 0.1) is 0 Å². The van der Waals surface area contributed by atoms with Crippen molar-refractivity contribution in [3.05, 3.63) is 33.8 Å². The first-order chi connectivity index (χ1) is 8.75. The maximum absolute atomic E-state index is 10.6. The number of halogens is 1. The third-order valence-electron chi connectivity index (χ3n) is 4.12. The van der Waals surface area contributed by atoms with E-state index in [1.165, 1.54) is 5.56 Å². The lowest BCUT2D eigenvalue weighted by Crippen LogP contribution is -2.51. The van der Waals surface area contributed by atoms with Crippen LogP contribution in [0.2, 0.25) is 0 Å². The van der Waals surface area contributed by atoms with Gasteiger partial charge in [0.2, 0.25) is 0 Å². The minimum Gasteiger partial charge on any atom is -0.387 e. The summed E-state index contributed by atoms with van der Waals surface area (Å²) in [5.41, 5.74) is 2.41. The fourth-order valence-electron chi connectivity index (χ4n) is 3.13. The standard InChI is InChI=1S/C14H19BrN2O/c15-11-3-1-10-2-4-13(14(18)12(10)9-11)17-7-5-16-6-8-17/h1,3,9,13-14,16,18H,2,4-8H2. The summed E-state index contributed by atoms with van der Waals surface area (Å²) >= 11 is 3.50. The van der Waals surface area contributed by atoms with E-state index in [1.54, 1.807) is 0 Å². The topological polar surface area (TPSA) is 35.5 Å². The average Bonchev–Trinajstić information content (AvgIpc) is 2.41. The van der Waals surface area contributed by atoms with Crippen LogP contribution in [0.25, 0.3) is 0 Å². The van der Waals surface area contributed by atoms with Crippen molar-refractivity contribution in [1.29, 1.82) is 0 Å². The minimum atomic E-state index is -0.343. The Bertz CT molecular complexity index is 432. The van der Waals surface area contributed by atoms with Crippen LogP contribution in [0.1, 0.15) is 23.7 Å². The van der Waals surface area contributed by atoms with Gasteiger partial charge in [0, 0.05) is 36.7 Å². The zero-order valence-corrected chi connectivity index (χ0v) is 12.0. The Hall–Kier alpha value is -0.420. The van der Waals surface area contributed by atoms with Gasteiger partial charge in [0.25, 0.3) is 0 Å². The highest BCUT2D eigenvalue weighted by atomic mass is 79.9. The van der Waals surface area contributed by atoms with Gasteiger partial charge in [0.1, 0.15) is 0 Å². The van der Waals surface area contributed by atoms with Crippen LogP contribution in [-0.2, 0) is 6.42 Å². The van der Waals surface area contributed by atoms with Crippen molar-refractivity contribution in [2.45, 2.75) is 25.0 Å². The predicted molar refractivity (Wildman–Crippen MR) is 75.7 cm³/mol. The highest BCUT2D eigenvalue weighted by Gasteiger charge is 2.32. The van der Waals surface area contributed by atoms with Gasteiger partial charge in [-0.2, -0.15) is 0 Å². The molecule has 3 rings (SSSR count). The molecular formula is C14H19BrN2O. The second-order valence-electron chi connectivity index (χ2n) is 5.18. The van der Waals surface area contributed by atoms with E-state index in [2.05, 4.69) is 44.3 Å². The summed E-state index contributed by atoms with van der Waals surface area (Å²) < 4.78 is 1.06. The van der Waals surface area contributed by atoms with Crippen LogP contribution in [0.4, 0.5) is 0 Å². The molecule has 1 fully saturated rings. The Labute approximate surface area is 116 Å². The molecule has 1 aliphatic heterocycles. The lowest BCUT2D eigenvalue weighted by Gasteiger charge is -2.40. The average molecular weight is 311 g/mol. The summed E-state index contributed by atoms with van der Waals surface area (Å²) in [6, 6.07) is 6.57. The van der Waals surface area contributed by atoms with Gasteiger partial charge < -0.3 is 10.4 Å². The highest BCUT2D eigenvalue weighted by molar-refractivity contribution is 9.10. The van der Waals surface area contributed by atoms with Gasteiger partial charge in [0.15, 0.2) is 0 Å². The summed E-state index contributed by atoms with van der Waals surface area (Å²) in [7, 11) is 0. The molecule has 0 spiro atoms. The molecule has 0 amide bonds. The van der Waals surface area contributed by atoms with Crippen LogP contribution in [0.3, 0.4) is 0 Å². The number of rotatable bonds is 1. The number of hydrogen-bond donors (Lipinski definition) is 2. The van der Waals surface area contributed by atoms with E-state index in [9.17, 15) is 5.11 Å². The molecule has 1 saturated heterocycles. The van der Waals surface area contributed by atoms with Crippen molar-refractivity contribution >= 4 is 15.9 Å². The third kappa shape index (κ3) is 2.35. The molecule has 2 unspecified atom stereocenters. The molecule has 1 aromatic carbocycles. The zero-order chi connectivity index (χ0) is 12.5. The molecule has 3 nitrogen and oxygen atoms in total. The Morgan fingerprint density at radius 1 is 1.28 bits per heavy atom. The maximum Gasteiger partial charge on any atom is 0.0948 e. The fraction of sp³-hybridized carbons (Fsp3) is 0.571. The van der Waals surface area contributed by atoms with E-state index >= 15 is 0 Å². The molecule has 98 valence electrons. The van der Waals surface area contributed by atoms with Crippen molar-refractivity contribution in [2.24, 2.45) is 0 Å². The number of nitrogens with one attached hydrogen (secondary N) is 1. The van der Waals surface area contributed by atoms with Crippen LogP contribution in [0.5, 0.6) is 0 Å². The quantitative estimate of drug-likeness (QED) is 0.829. The van der Waals surface area contributed by atoms with Crippen LogP contribution >= 0.6 is 15.9 Å². The van der Waals surface area contributed by atoms with E-state index in [-0.39, 0.29) is 12.1 Å². The summed E-state index contributed by atoms with van der Waals surface area (Å²) in [5.74, 6) is 0. The number of fused-ring (bicyclic) bond motifs is 1. The molecule has 4 heteroatoms. The largest absolute Gasteiger partial charge is 0.387 e. The van der Waals surface area contributed by atoms with Gasteiger partial charge >= 0.3 is 0 Å². The molecular weight excluding hydrogens is 292 g/mol. The Morgan fingerprint density at radius 2 is 2.06 bits per heavy atom. The third-order valence-corrected chi connectivity index (χ3v) is 4.61. The van der Waals surface area contributed by atoms with Crippen molar-refractivity contribution in [1.82, 2.24) is 10.2 Å². The van der Waals surface area contributed by atoms with E-state index in [0.29, 0.717) is 0 Å². The Morgan fingerprint density at radius 3 is 2.83 bits per heavy atom. The number of aliphatic hydroxyl groups is 1. The smallest absolute Gasteiger partial charge is 0.0948 e. The monoisotopic (exact) mass is 310 g/mol. The Balaban J connectivity index is 1.83. The normalized spacial score (nSPS) is 29.0. The molecule has 2 N–H and O–H groups in total. The van der Waals surface area contributed by atoms with Gasteiger partial charge in [0.05, 0.1) is 6.10 Å². The highest BCUT2D eigenvalue weighted by Crippen LogP contribution is 2.34. The van der Waals surface area contributed by atoms with Gasteiger partial charge in [-0.3, -0.25) is 4.90 Å². The van der Waals surface area contributed by atoms with E-state index in [0.717, 1.165) is 49.1 Å². The zero-order valence-electron chi connectivity index (χ0n) is 10.4. The van der Waals surface area contributed by atoms with E-state index in [4.69, 9.17) is 0 Å². The fourth-order valence-corrected chi connectivity index (χ4v) is 3.51. The molecule has 0 saturated carbocycles. The van der Waals surface area contributed by atoms with Crippen molar-refractivity contribution in [2.75, 3.05) is 26.2 Å². The van der Waals surface area contributed by atoms with Gasteiger partial charge in [-0.1, -0.05) is 22.0 Å². The van der Waals surface area contributed by atoms with E-state index < -0.39 is 0 Å². The number of benzene rings is 1. The van der Waals surface area contributed by atoms with Crippen molar-refractivity contribution < 1.29 is 5.11 Å². The predicted octanol–water partition coefficient (Wildman–Crippen LogP) is 1.70. The summed E-state index contributed by atoms with van der Waals surface area (Å²) in [5, 5.41) is 14.0. The van der Waals surface area contributed by atoms with Crippen LogP contribution in [-0.4, -0.2) is 42.2 Å². The summed E-state index contributed by atoms with van der Waals surface area (Å²) in [6.07, 6.45) is 1.80. The lowest BCUT2D eigenvalue weighted by molar-refractivity contribution is 0.0297. The van der Waals surface area contributed by atoms with Crippen molar-refractivity contribution in [3.63, 3.8) is 0 Å². The molecule has 0 aromatic heterocycles. The molecule has 2 aliphatic rings. The first kappa shape index (κ1) is 12.6. The van der Waals surface area contributed by atoms with Gasteiger partial charge in [-0.15, -0.1) is 0 Å². The molecule has 1 aliphatic carbocycles. The van der Waals surface area contributed by atoms with Crippen LogP contribution in [0.15, 0.2) is 22.7 Å². The first-order valence-corrected chi connectivity index (χ1v) is 7.46. The number of piperazine rings is 1. The summed E-state index contributed by atoms with van der Waals surface area (Å²) in [4.78, 5) is 2.44. The van der Waals surface area contributed by atoms with Crippen LogP contribution < -0.4 is 5.32 Å². The second kappa shape index (κ2) is 5.29. The number of aryl methyl sites for hydroxylation is 1. The molecule has 18 heavy (non-hydrogen) atoms. The molecule has 2 atom stereocenters. The van der Waals surface area contributed by atoms with Crippen molar-refractivity contribution in [3.8, 4) is 0 Å². The minimum absolute atomic E-state index is 0.286. The second-order valence-corrected chi connectivity index (χ2v) is 6.10. The first-order valence-electron chi connectivity index (χ1n) is 6.67. The molecule has 1 aromatic rings. The number of aliphatic hydroxyl groups excluding tert-OH is 1. The maximum atomic E-state index is 10.6. The van der Waals surface area contributed by atoms with Gasteiger partial charge in [-0.25, -0.2) is 0 Å². The molecule has 1 heterocycles. The Kier molecular flexibility index (Phi) is 3.71. The lowest BCUT2D eigenvalue weighted by atomic mass is 9.85. The SMILES string of the molecule is OC1c2cc(Br)ccc2CCC1N1CCNCC1. The van der Waals surface area contributed by atoms with E-state index in [1.807, 2.05) is 0 Å². The summed E-state index contributed by atoms with van der Waals surface area (Å²) in [6.45, 7) is 4.17. The van der Waals surface area contributed by atoms with Gasteiger partial charge in [-0.05, 0) is 36.1 Å².